The first-order valence-electron chi connectivity index (χ1n) is 12.8. The van der Waals surface area contributed by atoms with Gasteiger partial charge < -0.3 is 19.6 Å². The highest BCUT2D eigenvalue weighted by atomic mass is 16.5. The lowest BCUT2D eigenvalue weighted by Crippen LogP contribution is -2.32. The van der Waals surface area contributed by atoms with Crippen LogP contribution in [0.25, 0.3) is 44.2 Å². The van der Waals surface area contributed by atoms with Crippen molar-refractivity contribution in [3.05, 3.63) is 108 Å². The van der Waals surface area contributed by atoms with Gasteiger partial charge in [0.15, 0.2) is 0 Å². The summed E-state index contributed by atoms with van der Waals surface area (Å²) in [6.45, 7) is 3.42. The van der Waals surface area contributed by atoms with Crippen LogP contribution >= 0.6 is 0 Å². The zero-order valence-electron chi connectivity index (χ0n) is 21.0. The van der Waals surface area contributed by atoms with Gasteiger partial charge in [-0.2, -0.15) is 0 Å². The Balaban J connectivity index is 1.17. The molecule has 6 nitrogen and oxygen atoms in total. The smallest absolute Gasteiger partial charge is 0.270 e. The summed E-state index contributed by atoms with van der Waals surface area (Å²) in [6.07, 6.45) is 0. The summed E-state index contributed by atoms with van der Waals surface area (Å²) in [5, 5.41) is 1.02. The van der Waals surface area contributed by atoms with Crippen molar-refractivity contribution in [2.45, 2.75) is 13.5 Å². The number of hydrogen-bond acceptors (Lipinski definition) is 3. The van der Waals surface area contributed by atoms with E-state index in [4.69, 9.17) is 4.74 Å². The molecule has 0 aliphatic carbocycles. The molecule has 0 unspecified atom stereocenters. The molecule has 7 rings (SSSR count). The molecule has 0 atom stereocenters. The van der Waals surface area contributed by atoms with Crippen molar-refractivity contribution in [1.82, 2.24) is 19.9 Å². The fourth-order valence-corrected chi connectivity index (χ4v) is 5.29. The average Bonchev–Trinajstić information content (AvgIpc) is 3.47. The molecule has 6 aromatic rings. The molecule has 0 bridgehead atoms. The predicted molar refractivity (Wildman–Crippen MR) is 150 cm³/mol. The number of nitrogens with one attached hydrogen (secondary N) is 2. The van der Waals surface area contributed by atoms with Gasteiger partial charge >= 0.3 is 0 Å². The van der Waals surface area contributed by atoms with E-state index in [2.05, 4.69) is 69.5 Å². The molecule has 0 spiro atoms. The van der Waals surface area contributed by atoms with Gasteiger partial charge in [0, 0.05) is 23.0 Å². The topological polar surface area (TPSA) is 74.0 Å². The standard InChI is InChI=1S/C32H26N4O2/c1-20-33-27-11-9-24(17-29(27)34-20)22-10-12-31-26(15-22)19-36(13-14-38-31)32(37)30-18-25-8-7-23(16-28(25)35-30)21-5-3-2-4-6-21/h2-12,15-18,35H,13-14,19H2,1H3,(H,33,34). The summed E-state index contributed by atoms with van der Waals surface area (Å²) >= 11 is 0. The molecular weight excluding hydrogens is 472 g/mol. The van der Waals surface area contributed by atoms with Crippen molar-refractivity contribution in [1.29, 1.82) is 0 Å². The van der Waals surface area contributed by atoms with E-state index < -0.39 is 0 Å². The number of nitrogens with zero attached hydrogens (tertiary/aromatic N) is 2. The maximum Gasteiger partial charge on any atom is 0.270 e. The maximum absolute atomic E-state index is 13.6. The van der Waals surface area contributed by atoms with Crippen LogP contribution in [0.4, 0.5) is 0 Å². The third-order valence-corrected chi connectivity index (χ3v) is 7.22. The maximum atomic E-state index is 13.6. The Hall–Kier alpha value is -4.84. The highest BCUT2D eigenvalue weighted by molar-refractivity contribution is 5.99. The van der Waals surface area contributed by atoms with Crippen LogP contribution in [-0.2, 0) is 6.54 Å². The number of amides is 1. The molecule has 2 N–H and O–H groups in total. The zero-order chi connectivity index (χ0) is 25.6. The monoisotopic (exact) mass is 498 g/mol. The van der Waals surface area contributed by atoms with Crippen LogP contribution in [0.1, 0.15) is 21.9 Å². The first-order chi connectivity index (χ1) is 18.6. The largest absolute Gasteiger partial charge is 0.491 e. The van der Waals surface area contributed by atoms with Crippen molar-refractivity contribution in [3.8, 4) is 28.0 Å². The normalized spacial score (nSPS) is 13.3. The van der Waals surface area contributed by atoms with E-state index >= 15 is 0 Å². The minimum Gasteiger partial charge on any atom is -0.491 e. The van der Waals surface area contributed by atoms with Gasteiger partial charge in [0.05, 0.1) is 17.6 Å². The number of aromatic amines is 2. The molecule has 38 heavy (non-hydrogen) atoms. The first kappa shape index (κ1) is 22.4. The molecule has 1 aliphatic rings. The molecule has 2 aromatic heterocycles. The molecule has 0 saturated heterocycles. The third-order valence-electron chi connectivity index (χ3n) is 7.22. The van der Waals surface area contributed by atoms with Crippen molar-refractivity contribution in [2.24, 2.45) is 0 Å². The zero-order valence-corrected chi connectivity index (χ0v) is 21.0. The second-order valence-corrected chi connectivity index (χ2v) is 9.80. The van der Waals surface area contributed by atoms with Gasteiger partial charge in [0.25, 0.3) is 5.91 Å². The highest BCUT2D eigenvalue weighted by Crippen LogP contribution is 2.31. The number of ether oxygens (including phenoxy) is 1. The van der Waals surface area contributed by atoms with Gasteiger partial charge in [-0.05, 0) is 65.6 Å². The van der Waals surface area contributed by atoms with Gasteiger partial charge in [0.1, 0.15) is 23.9 Å². The molecule has 186 valence electrons. The van der Waals surface area contributed by atoms with Gasteiger partial charge in [-0.15, -0.1) is 0 Å². The number of rotatable bonds is 3. The van der Waals surface area contributed by atoms with Crippen molar-refractivity contribution in [2.75, 3.05) is 13.2 Å². The Bertz CT molecular complexity index is 1820. The Morgan fingerprint density at radius 2 is 1.58 bits per heavy atom. The van der Waals surface area contributed by atoms with Gasteiger partial charge in [-0.3, -0.25) is 4.79 Å². The van der Waals surface area contributed by atoms with E-state index in [1.165, 1.54) is 0 Å². The van der Waals surface area contributed by atoms with E-state index in [9.17, 15) is 4.79 Å². The highest BCUT2D eigenvalue weighted by Gasteiger charge is 2.23. The lowest BCUT2D eigenvalue weighted by Gasteiger charge is -2.19. The van der Waals surface area contributed by atoms with E-state index in [1.54, 1.807) is 0 Å². The fourth-order valence-electron chi connectivity index (χ4n) is 5.29. The Morgan fingerprint density at radius 3 is 2.47 bits per heavy atom. The van der Waals surface area contributed by atoms with Crippen LogP contribution in [0.2, 0.25) is 0 Å². The Morgan fingerprint density at radius 1 is 0.816 bits per heavy atom. The summed E-state index contributed by atoms with van der Waals surface area (Å²) in [4.78, 5) is 26.7. The average molecular weight is 499 g/mol. The van der Waals surface area contributed by atoms with Crippen LogP contribution in [0.15, 0.2) is 91.0 Å². The van der Waals surface area contributed by atoms with Crippen molar-refractivity contribution in [3.63, 3.8) is 0 Å². The molecule has 4 aromatic carbocycles. The summed E-state index contributed by atoms with van der Waals surface area (Å²) in [6, 6.07) is 30.9. The molecular formula is C32H26N4O2. The lowest BCUT2D eigenvalue weighted by atomic mass is 10.0. The number of aryl methyl sites for hydroxylation is 1. The van der Waals surface area contributed by atoms with Gasteiger partial charge in [-0.25, -0.2) is 4.98 Å². The molecule has 0 saturated carbocycles. The van der Waals surface area contributed by atoms with Crippen LogP contribution in [0.5, 0.6) is 5.75 Å². The number of imidazole rings is 1. The second-order valence-electron chi connectivity index (χ2n) is 9.80. The summed E-state index contributed by atoms with van der Waals surface area (Å²) in [5.74, 6) is 1.69. The Labute approximate surface area is 219 Å². The van der Waals surface area contributed by atoms with Crippen LogP contribution in [-0.4, -0.2) is 38.9 Å². The molecule has 0 fully saturated rings. The SMILES string of the molecule is Cc1nc2ccc(-c3ccc4c(c3)CN(C(=O)c3cc5ccc(-c6ccccc6)cc5[nH]3)CCO4)cc2[nH]1. The minimum absolute atomic E-state index is 0.0290. The summed E-state index contributed by atoms with van der Waals surface area (Å²) in [7, 11) is 0. The second kappa shape index (κ2) is 8.92. The van der Waals surface area contributed by atoms with E-state index in [0.717, 1.165) is 61.3 Å². The molecule has 1 amide bonds. The summed E-state index contributed by atoms with van der Waals surface area (Å²) < 4.78 is 6.03. The van der Waals surface area contributed by atoms with Crippen LogP contribution in [0, 0.1) is 6.92 Å². The molecule has 0 radical (unpaired) electrons. The van der Waals surface area contributed by atoms with Crippen molar-refractivity contribution < 1.29 is 9.53 Å². The number of H-pyrrole nitrogens is 2. The number of carbonyl (C=O) groups excluding carboxylic acids is 1. The van der Waals surface area contributed by atoms with Gasteiger partial charge in [0.2, 0.25) is 0 Å². The number of carbonyl (C=O) groups is 1. The molecule has 3 heterocycles. The summed E-state index contributed by atoms with van der Waals surface area (Å²) in [5.41, 5.74) is 8.94. The first-order valence-corrected chi connectivity index (χ1v) is 12.8. The van der Waals surface area contributed by atoms with Crippen LogP contribution < -0.4 is 4.74 Å². The van der Waals surface area contributed by atoms with Gasteiger partial charge in [-0.1, -0.05) is 54.6 Å². The number of hydrogen-bond donors (Lipinski definition) is 2. The van der Waals surface area contributed by atoms with E-state index in [0.29, 0.717) is 25.4 Å². The van der Waals surface area contributed by atoms with Crippen LogP contribution in [0.3, 0.4) is 0 Å². The predicted octanol–water partition coefficient (Wildman–Crippen LogP) is 6.72. The molecule has 1 aliphatic heterocycles. The lowest BCUT2D eigenvalue weighted by molar-refractivity contribution is 0.0728. The quantitative estimate of drug-likeness (QED) is 0.284. The number of aromatic nitrogens is 3. The van der Waals surface area contributed by atoms with E-state index in [-0.39, 0.29) is 5.91 Å². The molecule has 6 heteroatoms. The fraction of sp³-hybridized carbons (Fsp3) is 0.125. The number of fused-ring (bicyclic) bond motifs is 3. The number of benzene rings is 4. The van der Waals surface area contributed by atoms with E-state index in [1.807, 2.05) is 48.2 Å². The van der Waals surface area contributed by atoms with Crippen molar-refractivity contribution >= 4 is 27.8 Å². The Kier molecular flexibility index (Phi) is 5.25. The minimum atomic E-state index is -0.0290. The third kappa shape index (κ3) is 4.00.